The van der Waals surface area contributed by atoms with Gasteiger partial charge in [0.15, 0.2) is 0 Å². The molecule has 0 radical (unpaired) electrons. The number of rotatable bonds is 6. The van der Waals surface area contributed by atoms with Gasteiger partial charge in [0.1, 0.15) is 12.6 Å². The number of carboxylic acid groups (broad SMARTS) is 1. The Labute approximate surface area is 114 Å². The van der Waals surface area contributed by atoms with Gasteiger partial charge in [0.25, 0.3) is 0 Å². The fourth-order valence-electron chi connectivity index (χ4n) is 1.47. The van der Waals surface area contributed by atoms with Gasteiger partial charge in [-0.25, -0.2) is 18.4 Å². The lowest BCUT2D eigenvalue weighted by Gasteiger charge is -2.18. The molecule has 0 saturated carbocycles. The molecule has 1 amide bonds. The molecule has 0 aliphatic heterocycles. The molecule has 2 N–H and O–H groups in total. The average Bonchev–Trinajstić information content (AvgIpc) is 2.35. The van der Waals surface area contributed by atoms with E-state index in [9.17, 15) is 18.4 Å². The zero-order chi connectivity index (χ0) is 15.2. The summed E-state index contributed by atoms with van der Waals surface area (Å²) in [5.41, 5.74) is 0.704. The Bertz CT molecular complexity index is 459. The molecule has 0 saturated heterocycles. The molecule has 20 heavy (non-hydrogen) atoms. The minimum Gasteiger partial charge on any atom is -0.480 e. The van der Waals surface area contributed by atoms with Gasteiger partial charge in [-0.3, -0.25) is 0 Å². The summed E-state index contributed by atoms with van der Waals surface area (Å²) in [5.74, 6) is -4.74. The maximum Gasteiger partial charge on any atom is 0.408 e. The molecule has 1 rings (SSSR count). The Morgan fingerprint density at radius 1 is 1.35 bits per heavy atom. The standard InChI is InChI=1S/C13H15F2NO4/c1-13(14,15)7-10(11(17)18)16-12(19)20-8-9-5-3-2-4-6-9/h2-6,10H,7-8H2,1H3,(H,16,19)(H,17,18)/t10-/m0/s1. The fourth-order valence-corrected chi connectivity index (χ4v) is 1.47. The number of halogens is 2. The molecule has 0 bridgehead atoms. The summed E-state index contributed by atoms with van der Waals surface area (Å²) in [5, 5.41) is 10.7. The van der Waals surface area contributed by atoms with Crippen molar-refractivity contribution in [3.8, 4) is 0 Å². The highest BCUT2D eigenvalue weighted by Gasteiger charge is 2.32. The molecule has 0 spiro atoms. The molecule has 1 aromatic rings. The zero-order valence-electron chi connectivity index (χ0n) is 10.8. The van der Waals surface area contributed by atoms with E-state index < -0.39 is 30.4 Å². The van der Waals surface area contributed by atoms with Crippen LogP contribution in [0.2, 0.25) is 0 Å². The molecule has 0 unspecified atom stereocenters. The van der Waals surface area contributed by atoms with Crippen molar-refractivity contribution in [2.45, 2.75) is 31.9 Å². The third-order valence-electron chi connectivity index (χ3n) is 2.37. The van der Waals surface area contributed by atoms with Gasteiger partial charge < -0.3 is 15.2 Å². The van der Waals surface area contributed by atoms with Crippen LogP contribution in [0.4, 0.5) is 13.6 Å². The average molecular weight is 287 g/mol. The highest BCUT2D eigenvalue weighted by atomic mass is 19.3. The predicted octanol–water partition coefficient (Wildman–Crippen LogP) is 2.41. The predicted molar refractivity (Wildman–Crippen MR) is 66.4 cm³/mol. The summed E-state index contributed by atoms with van der Waals surface area (Å²) in [6.45, 7) is 0.515. The third-order valence-corrected chi connectivity index (χ3v) is 2.37. The number of hydrogen-bond donors (Lipinski definition) is 2. The van der Waals surface area contributed by atoms with E-state index in [0.29, 0.717) is 12.5 Å². The second-order valence-electron chi connectivity index (χ2n) is 4.37. The molecule has 1 aromatic carbocycles. The van der Waals surface area contributed by atoms with Crippen LogP contribution in [0.15, 0.2) is 30.3 Å². The number of alkyl carbamates (subject to hydrolysis) is 1. The van der Waals surface area contributed by atoms with Crippen molar-refractivity contribution < 1.29 is 28.2 Å². The number of hydrogen-bond acceptors (Lipinski definition) is 3. The topological polar surface area (TPSA) is 75.6 Å². The van der Waals surface area contributed by atoms with Gasteiger partial charge in [-0.2, -0.15) is 0 Å². The lowest BCUT2D eigenvalue weighted by atomic mass is 10.1. The summed E-state index contributed by atoms with van der Waals surface area (Å²) in [4.78, 5) is 22.2. The summed E-state index contributed by atoms with van der Waals surface area (Å²) in [7, 11) is 0. The Balaban J connectivity index is 2.48. The molecule has 5 nitrogen and oxygen atoms in total. The first-order chi connectivity index (χ1) is 9.28. The Morgan fingerprint density at radius 2 is 1.95 bits per heavy atom. The second-order valence-corrected chi connectivity index (χ2v) is 4.37. The zero-order valence-corrected chi connectivity index (χ0v) is 10.8. The van der Waals surface area contributed by atoms with E-state index in [1.807, 2.05) is 5.32 Å². The van der Waals surface area contributed by atoms with E-state index in [1.54, 1.807) is 30.3 Å². The number of nitrogens with one attached hydrogen (secondary N) is 1. The van der Waals surface area contributed by atoms with Gasteiger partial charge >= 0.3 is 12.1 Å². The summed E-state index contributed by atoms with van der Waals surface area (Å²) in [6.07, 6.45) is -2.05. The van der Waals surface area contributed by atoms with Crippen molar-refractivity contribution in [1.82, 2.24) is 5.32 Å². The van der Waals surface area contributed by atoms with E-state index in [1.165, 1.54) is 0 Å². The molecule has 0 aliphatic carbocycles. The van der Waals surface area contributed by atoms with Crippen LogP contribution in [0, 0.1) is 0 Å². The van der Waals surface area contributed by atoms with Crippen LogP contribution in [0.3, 0.4) is 0 Å². The number of alkyl halides is 2. The van der Waals surface area contributed by atoms with Crippen molar-refractivity contribution in [2.24, 2.45) is 0 Å². The number of aliphatic carboxylic acids is 1. The number of amides is 1. The van der Waals surface area contributed by atoms with E-state index in [0.717, 1.165) is 0 Å². The molecule has 110 valence electrons. The number of benzene rings is 1. The lowest BCUT2D eigenvalue weighted by Crippen LogP contribution is -2.44. The van der Waals surface area contributed by atoms with Gasteiger partial charge in [0, 0.05) is 6.42 Å². The van der Waals surface area contributed by atoms with E-state index in [2.05, 4.69) is 0 Å². The summed E-state index contributed by atoms with van der Waals surface area (Å²) in [6, 6.07) is 7.00. The molecule has 0 heterocycles. The smallest absolute Gasteiger partial charge is 0.408 e. The summed E-state index contributed by atoms with van der Waals surface area (Å²) >= 11 is 0. The van der Waals surface area contributed by atoms with Crippen LogP contribution in [0.1, 0.15) is 18.9 Å². The van der Waals surface area contributed by atoms with Crippen molar-refractivity contribution in [3.63, 3.8) is 0 Å². The lowest BCUT2D eigenvalue weighted by molar-refractivity contribution is -0.141. The van der Waals surface area contributed by atoms with Crippen LogP contribution in [-0.4, -0.2) is 29.1 Å². The molecule has 7 heteroatoms. The third kappa shape index (κ3) is 6.12. The van der Waals surface area contributed by atoms with Crippen molar-refractivity contribution in [3.05, 3.63) is 35.9 Å². The first-order valence-electron chi connectivity index (χ1n) is 5.86. The minimum atomic E-state index is -3.20. The normalized spacial score (nSPS) is 12.6. The maximum absolute atomic E-state index is 12.8. The number of carboxylic acids is 1. The molecular formula is C13H15F2NO4. The van der Waals surface area contributed by atoms with Gasteiger partial charge in [-0.1, -0.05) is 30.3 Å². The number of carbonyl (C=O) groups is 2. The number of ether oxygens (including phenoxy) is 1. The highest BCUT2D eigenvalue weighted by Crippen LogP contribution is 2.19. The van der Waals surface area contributed by atoms with Crippen molar-refractivity contribution >= 4 is 12.1 Å². The molecule has 0 aromatic heterocycles. The van der Waals surface area contributed by atoms with Gasteiger partial charge in [0.2, 0.25) is 5.92 Å². The Kier molecular flexibility index (Phi) is 5.42. The maximum atomic E-state index is 12.8. The van der Waals surface area contributed by atoms with Crippen molar-refractivity contribution in [1.29, 1.82) is 0 Å². The van der Waals surface area contributed by atoms with Gasteiger partial charge in [-0.05, 0) is 12.5 Å². The van der Waals surface area contributed by atoms with Crippen LogP contribution in [0.5, 0.6) is 0 Å². The molecule has 0 fully saturated rings. The Hall–Kier alpha value is -2.18. The first kappa shape index (κ1) is 15.9. The number of carbonyl (C=O) groups excluding carboxylic acids is 1. The minimum absolute atomic E-state index is 0.0679. The molecule has 0 aliphatic rings. The second kappa shape index (κ2) is 6.83. The SMILES string of the molecule is CC(F)(F)C[C@H](NC(=O)OCc1ccccc1)C(=O)O. The first-order valence-corrected chi connectivity index (χ1v) is 5.86. The molecule has 1 atom stereocenters. The summed E-state index contributed by atoms with van der Waals surface area (Å²) < 4.78 is 30.3. The Morgan fingerprint density at radius 3 is 2.45 bits per heavy atom. The monoisotopic (exact) mass is 287 g/mol. The van der Waals surface area contributed by atoms with Crippen LogP contribution in [-0.2, 0) is 16.1 Å². The molecular weight excluding hydrogens is 272 g/mol. The highest BCUT2D eigenvalue weighted by molar-refractivity contribution is 5.79. The van der Waals surface area contributed by atoms with Gasteiger partial charge in [-0.15, -0.1) is 0 Å². The van der Waals surface area contributed by atoms with Gasteiger partial charge in [0.05, 0.1) is 0 Å². The van der Waals surface area contributed by atoms with Crippen LogP contribution in [0.25, 0.3) is 0 Å². The van der Waals surface area contributed by atoms with E-state index in [4.69, 9.17) is 9.84 Å². The fraction of sp³-hybridized carbons (Fsp3) is 0.385. The van der Waals surface area contributed by atoms with Crippen LogP contribution < -0.4 is 5.32 Å². The quantitative estimate of drug-likeness (QED) is 0.842. The van der Waals surface area contributed by atoms with Crippen LogP contribution >= 0.6 is 0 Å². The van der Waals surface area contributed by atoms with E-state index >= 15 is 0 Å². The van der Waals surface area contributed by atoms with E-state index in [-0.39, 0.29) is 6.61 Å². The largest absolute Gasteiger partial charge is 0.480 e. The van der Waals surface area contributed by atoms with Crippen molar-refractivity contribution in [2.75, 3.05) is 0 Å².